The molecule has 1 saturated heterocycles. The van der Waals surface area contributed by atoms with Gasteiger partial charge in [-0.3, -0.25) is 9.69 Å². The average Bonchev–Trinajstić information content (AvgIpc) is 3.44. The number of hydrogen-bond donors (Lipinski definition) is 0. The van der Waals surface area contributed by atoms with Crippen LogP contribution in [0.2, 0.25) is 5.02 Å². The molecular weight excluding hydrogens is 508 g/mol. The Labute approximate surface area is 224 Å². The summed E-state index contributed by atoms with van der Waals surface area (Å²) in [5.41, 5.74) is 4.23. The van der Waals surface area contributed by atoms with Crippen LogP contribution in [-0.4, -0.2) is 71.8 Å². The van der Waals surface area contributed by atoms with Crippen LogP contribution in [0.15, 0.2) is 71.4 Å². The van der Waals surface area contributed by atoms with E-state index in [1.54, 1.807) is 30.3 Å². The fourth-order valence-electron chi connectivity index (χ4n) is 4.45. The molecule has 4 aromatic rings. The van der Waals surface area contributed by atoms with E-state index in [1.165, 1.54) is 7.11 Å². The van der Waals surface area contributed by atoms with E-state index in [0.29, 0.717) is 53.4 Å². The standard InChI is InChI=1S/C28H27ClN4O5/c1-36-28(35)21-4-2-19(3-5-21)18-37-26(20-6-9-23(29)10-7-20)17-32-12-14-33(15-13-32)27(34)22-8-11-24-25(16-22)31-38-30-24/h2-11,16,26H,12-15,17-18H2,1H3. The highest BCUT2D eigenvalue weighted by Gasteiger charge is 2.25. The first kappa shape index (κ1) is 25.8. The molecule has 1 aromatic heterocycles. The highest BCUT2D eigenvalue weighted by Crippen LogP contribution is 2.24. The molecule has 3 aromatic carbocycles. The van der Waals surface area contributed by atoms with Gasteiger partial charge in [-0.1, -0.05) is 35.9 Å². The van der Waals surface area contributed by atoms with Crippen LogP contribution in [0.3, 0.4) is 0 Å². The largest absolute Gasteiger partial charge is 0.465 e. The van der Waals surface area contributed by atoms with Crippen molar-refractivity contribution >= 4 is 34.5 Å². The quantitative estimate of drug-likeness (QED) is 0.307. The molecule has 0 radical (unpaired) electrons. The van der Waals surface area contributed by atoms with Crippen molar-refractivity contribution in [3.63, 3.8) is 0 Å². The number of methoxy groups -OCH3 is 1. The summed E-state index contributed by atoms with van der Waals surface area (Å²) >= 11 is 6.12. The third kappa shape index (κ3) is 6.02. The number of amides is 1. The number of ether oxygens (including phenoxy) is 2. The Morgan fingerprint density at radius 2 is 1.61 bits per heavy atom. The maximum atomic E-state index is 13.1. The molecular formula is C28H27ClN4O5. The van der Waals surface area contributed by atoms with Crippen molar-refractivity contribution in [2.24, 2.45) is 0 Å². The molecule has 5 rings (SSSR count). The molecule has 0 saturated carbocycles. The SMILES string of the molecule is COC(=O)c1ccc(COC(CN2CCN(C(=O)c3ccc4nonc4c3)CC2)c2ccc(Cl)cc2)cc1. The molecule has 1 atom stereocenters. The van der Waals surface area contributed by atoms with E-state index in [9.17, 15) is 9.59 Å². The van der Waals surface area contributed by atoms with E-state index in [0.717, 1.165) is 24.2 Å². The predicted octanol–water partition coefficient (Wildman–Crippen LogP) is 4.38. The van der Waals surface area contributed by atoms with Crippen molar-refractivity contribution in [3.8, 4) is 0 Å². The smallest absolute Gasteiger partial charge is 0.337 e. The zero-order valence-electron chi connectivity index (χ0n) is 20.9. The molecule has 0 bridgehead atoms. The van der Waals surface area contributed by atoms with Gasteiger partial charge >= 0.3 is 5.97 Å². The lowest BCUT2D eigenvalue weighted by molar-refractivity contribution is 0.00341. The molecule has 0 N–H and O–H groups in total. The Morgan fingerprint density at radius 3 is 2.32 bits per heavy atom. The summed E-state index contributed by atoms with van der Waals surface area (Å²) < 4.78 is 15.9. The maximum absolute atomic E-state index is 13.1. The summed E-state index contributed by atoms with van der Waals surface area (Å²) in [6, 6.07) is 20.1. The fourth-order valence-corrected chi connectivity index (χ4v) is 4.58. The third-order valence-electron chi connectivity index (χ3n) is 6.65. The van der Waals surface area contributed by atoms with Gasteiger partial charge in [0, 0.05) is 43.3 Å². The van der Waals surface area contributed by atoms with Crippen LogP contribution in [0, 0.1) is 0 Å². The van der Waals surface area contributed by atoms with Crippen LogP contribution in [0.1, 0.15) is 37.9 Å². The molecule has 1 fully saturated rings. The van der Waals surface area contributed by atoms with Gasteiger partial charge in [-0.15, -0.1) is 0 Å². The minimum Gasteiger partial charge on any atom is -0.465 e. The molecule has 0 aliphatic carbocycles. The first-order valence-electron chi connectivity index (χ1n) is 12.3. The second-order valence-corrected chi connectivity index (χ2v) is 9.54. The van der Waals surface area contributed by atoms with Crippen LogP contribution in [0.5, 0.6) is 0 Å². The fraction of sp³-hybridized carbons (Fsp3) is 0.286. The highest BCUT2D eigenvalue weighted by molar-refractivity contribution is 6.30. The Balaban J connectivity index is 1.21. The van der Waals surface area contributed by atoms with Crippen LogP contribution in [0.25, 0.3) is 11.0 Å². The van der Waals surface area contributed by atoms with Crippen molar-refractivity contribution < 1.29 is 23.7 Å². The number of piperazine rings is 1. The van der Waals surface area contributed by atoms with E-state index in [1.807, 2.05) is 41.3 Å². The van der Waals surface area contributed by atoms with Gasteiger partial charge in [0.05, 0.1) is 25.4 Å². The van der Waals surface area contributed by atoms with Gasteiger partial charge in [0.2, 0.25) is 0 Å². The monoisotopic (exact) mass is 534 g/mol. The first-order chi connectivity index (χ1) is 18.5. The van der Waals surface area contributed by atoms with E-state index in [4.69, 9.17) is 25.7 Å². The number of carbonyl (C=O) groups is 2. The first-order valence-corrected chi connectivity index (χ1v) is 12.7. The number of fused-ring (bicyclic) bond motifs is 1. The van der Waals surface area contributed by atoms with E-state index in [2.05, 4.69) is 15.2 Å². The Morgan fingerprint density at radius 1 is 0.921 bits per heavy atom. The Bertz CT molecular complexity index is 1400. The number of benzene rings is 3. The molecule has 10 heteroatoms. The minimum atomic E-state index is -0.371. The van der Waals surface area contributed by atoms with Crippen molar-refractivity contribution in [1.29, 1.82) is 0 Å². The maximum Gasteiger partial charge on any atom is 0.337 e. The molecule has 1 unspecified atom stereocenters. The number of rotatable bonds is 8. The lowest BCUT2D eigenvalue weighted by Crippen LogP contribution is -2.49. The molecule has 1 aliphatic heterocycles. The normalized spacial score (nSPS) is 14.9. The van der Waals surface area contributed by atoms with Crippen molar-refractivity contribution in [2.75, 3.05) is 39.8 Å². The number of carbonyl (C=O) groups excluding carboxylic acids is 2. The second kappa shape index (κ2) is 11.7. The zero-order valence-corrected chi connectivity index (χ0v) is 21.6. The van der Waals surface area contributed by atoms with E-state index in [-0.39, 0.29) is 18.0 Å². The lowest BCUT2D eigenvalue weighted by Gasteiger charge is -2.36. The summed E-state index contributed by atoms with van der Waals surface area (Å²) in [5.74, 6) is -0.403. The van der Waals surface area contributed by atoms with Crippen molar-refractivity contribution in [3.05, 3.63) is 94.0 Å². The molecule has 0 spiro atoms. The van der Waals surface area contributed by atoms with Crippen molar-refractivity contribution in [1.82, 2.24) is 20.1 Å². The summed E-state index contributed by atoms with van der Waals surface area (Å²) in [6.45, 7) is 3.71. The summed E-state index contributed by atoms with van der Waals surface area (Å²) in [4.78, 5) is 28.9. The minimum absolute atomic E-state index is 0.0320. The van der Waals surface area contributed by atoms with Gasteiger partial charge in [0.15, 0.2) is 0 Å². The van der Waals surface area contributed by atoms with Crippen LogP contribution in [0.4, 0.5) is 0 Å². The van der Waals surface area contributed by atoms with E-state index >= 15 is 0 Å². The van der Waals surface area contributed by atoms with Gasteiger partial charge in [-0.05, 0) is 63.9 Å². The van der Waals surface area contributed by atoms with Gasteiger partial charge in [-0.2, -0.15) is 0 Å². The number of aromatic nitrogens is 2. The van der Waals surface area contributed by atoms with Gasteiger partial charge in [-0.25, -0.2) is 9.42 Å². The molecule has 1 aliphatic rings. The topological polar surface area (TPSA) is 98.0 Å². The lowest BCUT2D eigenvalue weighted by atomic mass is 10.1. The van der Waals surface area contributed by atoms with Crippen LogP contribution in [-0.2, 0) is 16.1 Å². The number of hydrogen-bond acceptors (Lipinski definition) is 8. The summed E-state index contributed by atoms with van der Waals surface area (Å²) in [6.07, 6.45) is -0.197. The number of halogens is 1. The van der Waals surface area contributed by atoms with Crippen molar-refractivity contribution in [2.45, 2.75) is 12.7 Å². The predicted molar refractivity (Wildman–Crippen MR) is 141 cm³/mol. The Hall–Kier alpha value is -3.79. The number of nitrogens with zero attached hydrogens (tertiary/aromatic N) is 4. The van der Waals surface area contributed by atoms with Crippen LogP contribution >= 0.6 is 11.6 Å². The third-order valence-corrected chi connectivity index (χ3v) is 6.90. The number of esters is 1. The molecule has 196 valence electrons. The molecule has 2 heterocycles. The Kier molecular flexibility index (Phi) is 7.97. The van der Waals surface area contributed by atoms with Gasteiger partial charge in [0.25, 0.3) is 5.91 Å². The molecule has 1 amide bonds. The molecule has 9 nitrogen and oxygen atoms in total. The van der Waals surface area contributed by atoms with Gasteiger partial charge in [0.1, 0.15) is 11.0 Å². The zero-order chi connectivity index (χ0) is 26.5. The molecule has 38 heavy (non-hydrogen) atoms. The highest BCUT2D eigenvalue weighted by atomic mass is 35.5. The summed E-state index contributed by atoms with van der Waals surface area (Å²) in [7, 11) is 1.36. The summed E-state index contributed by atoms with van der Waals surface area (Å²) in [5, 5.41) is 8.29. The van der Waals surface area contributed by atoms with Crippen LogP contribution < -0.4 is 0 Å². The van der Waals surface area contributed by atoms with E-state index < -0.39 is 0 Å². The second-order valence-electron chi connectivity index (χ2n) is 9.10. The van der Waals surface area contributed by atoms with Gasteiger partial charge < -0.3 is 14.4 Å². The average molecular weight is 535 g/mol.